The SMILES string of the molecule is Fc1ccc(NC(=S)Nc2ccc(N=Nc3ccccc3)cc2)cc1Cl. The number of hydrogen-bond acceptors (Lipinski definition) is 3. The van der Waals surface area contributed by atoms with Gasteiger partial charge in [0.1, 0.15) is 5.82 Å². The molecule has 0 unspecified atom stereocenters. The molecular weight excluding hydrogens is 371 g/mol. The van der Waals surface area contributed by atoms with E-state index in [1.165, 1.54) is 12.1 Å². The molecule has 0 atom stereocenters. The average Bonchev–Trinajstić information content (AvgIpc) is 2.65. The van der Waals surface area contributed by atoms with E-state index in [2.05, 4.69) is 20.9 Å². The van der Waals surface area contributed by atoms with Crippen LogP contribution in [0.4, 0.5) is 27.1 Å². The number of anilines is 2. The molecule has 0 bridgehead atoms. The highest BCUT2D eigenvalue weighted by Crippen LogP contribution is 2.21. The summed E-state index contributed by atoms with van der Waals surface area (Å²) in [5, 5.41) is 14.7. The molecule has 4 nitrogen and oxygen atoms in total. The first kappa shape index (κ1) is 18.0. The molecule has 0 amide bonds. The first-order valence-electron chi connectivity index (χ1n) is 7.70. The lowest BCUT2D eigenvalue weighted by Gasteiger charge is -2.11. The molecule has 0 heterocycles. The Hall–Kier alpha value is -2.83. The molecule has 0 radical (unpaired) electrons. The second-order valence-corrected chi connectivity index (χ2v) is 6.11. The van der Waals surface area contributed by atoms with Crippen molar-refractivity contribution in [1.29, 1.82) is 0 Å². The number of benzene rings is 3. The number of halogens is 2. The van der Waals surface area contributed by atoms with Gasteiger partial charge in [0.2, 0.25) is 0 Å². The monoisotopic (exact) mass is 384 g/mol. The van der Waals surface area contributed by atoms with Gasteiger partial charge < -0.3 is 10.6 Å². The van der Waals surface area contributed by atoms with Crippen molar-refractivity contribution in [2.45, 2.75) is 0 Å². The Morgan fingerprint density at radius 1 is 0.808 bits per heavy atom. The average molecular weight is 385 g/mol. The number of thiocarbonyl (C=S) groups is 1. The van der Waals surface area contributed by atoms with Crippen molar-refractivity contribution >= 4 is 51.7 Å². The molecule has 0 saturated heterocycles. The fourth-order valence-corrected chi connectivity index (χ4v) is 2.51. The fraction of sp³-hybridized carbons (Fsp3) is 0. The Kier molecular flexibility index (Phi) is 5.88. The van der Waals surface area contributed by atoms with Crippen LogP contribution in [-0.2, 0) is 0 Å². The van der Waals surface area contributed by atoms with Crippen LogP contribution in [0.5, 0.6) is 0 Å². The highest BCUT2D eigenvalue weighted by atomic mass is 35.5. The van der Waals surface area contributed by atoms with Gasteiger partial charge in [-0.1, -0.05) is 29.8 Å². The van der Waals surface area contributed by atoms with Crippen molar-refractivity contribution in [2.75, 3.05) is 10.6 Å². The van der Waals surface area contributed by atoms with E-state index in [1.54, 1.807) is 6.07 Å². The minimum atomic E-state index is -0.476. The summed E-state index contributed by atoms with van der Waals surface area (Å²) in [6, 6.07) is 21.1. The molecule has 3 aromatic carbocycles. The van der Waals surface area contributed by atoms with Gasteiger partial charge in [0.05, 0.1) is 16.4 Å². The predicted octanol–water partition coefficient (Wildman–Crippen LogP) is 6.70. The van der Waals surface area contributed by atoms with E-state index in [1.807, 2.05) is 54.6 Å². The zero-order chi connectivity index (χ0) is 18.4. The number of azo groups is 1. The second-order valence-electron chi connectivity index (χ2n) is 5.29. The third kappa shape index (κ3) is 5.08. The maximum atomic E-state index is 13.2. The van der Waals surface area contributed by atoms with Crippen LogP contribution < -0.4 is 10.6 Å². The lowest BCUT2D eigenvalue weighted by molar-refractivity contribution is 0.628. The van der Waals surface area contributed by atoms with Crippen molar-refractivity contribution in [3.05, 3.63) is 83.6 Å². The van der Waals surface area contributed by atoms with Crippen LogP contribution in [0.1, 0.15) is 0 Å². The topological polar surface area (TPSA) is 48.8 Å². The summed E-state index contributed by atoms with van der Waals surface area (Å²) in [6.07, 6.45) is 0. The maximum Gasteiger partial charge on any atom is 0.175 e. The largest absolute Gasteiger partial charge is 0.332 e. The molecule has 26 heavy (non-hydrogen) atoms. The molecule has 0 aliphatic heterocycles. The quantitative estimate of drug-likeness (QED) is 0.388. The Morgan fingerprint density at radius 2 is 1.38 bits per heavy atom. The Bertz CT molecular complexity index is 930. The molecule has 7 heteroatoms. The maximum absolute atomic E-state index is 13.2. The smallest absolute Gasteiger partial charge is 0.175 e. The highest BCUT2D eigenvalue weighted by molar-refractivity contribution is 7.80. The van der Waals surface area contributed by atoms with Gasteiger partial charge >= 0.3 is 0 Å². The van der Waals surface area contributed by atoms with E-state index in [-0.39, 0.29) is 5.02 Å². The third-order valence-electron chi connectivity index (χ3n) is 3.34. The third-order valence-corrected chi connectivity index (χ3v) is 3.83. The van der Waals surface area contributed by atoms with Crippen LogP contribution >= 0.6 is 23.8 Å². The van der Waals surface area contributed by atoms with Crippen LogP contribution in [-0.4, -0.2) is 5.11 Å². The minimum Gasteiger partial charge on any atom is -0.332 e. The molecule has 0 spiro atoms. The first-order chi connectivity index (χ1) is 12.6. The summed E-state index contributed by atoms with van der Waals surface area (Å²) in [6.45, 7) is 0. The van der Waals surface area contributed by atoms with Crippen molar-refractivity contribution < 1.29 is 4.39 Å². The minimum absolute atomic E-state index is 0.0333. The van der Waals surface area contributed by atoms with E-state index >= 15 is 0 Å². The fourth-order valence-electron chi connectivity index (χ4n) is 2.09. The summed E-state index contributed by atoms with van der Waals surface area (Å²) < 4.78 is 13.2. The molecule has 0 saturated carbocycles. The highest BCUT2D eigenvalue weighted by Gasteiger charge is 2.03. The summed E-state index contributed by atoms with van der Waals surface area (Å²) in [7, 11) is 0. The van der Waals surface area contributed by atoms with Gasteiger partial charge in [-0.05, 0) is 66.8 Å². The zero-order valence-electron chi connectivity index (χ0n) is 13.5. The molecule has 130 valence electrons. The van der Waals surface area contributed by atoms with Gasteiger partial charge in [-0.25, -0.2) is 4.39 Å². The Balaban J connectivity index is 1.59. The Morgan fingerprint density at radius 3 is 2.04 bits per heavy atom. The normalized spacial score (nSPS) is 10.7. The summed E-state index contributed by atoms with van der Waals surface area (Å²) in [5.41, 5.74) is 2.90. The van der Waals surface area contributed by atoms with E-state index in [0.717, 1.165) is 17.1 Å². The van der Waals surface area contributed by atoms with Crippen LogP contribution in [0, 0.1) is 5.82 Å². The number of rotatable bonds is 4. The van der Waals surface area contributed by atoms with Gasteiger partial charge in [-0.2, -0.15) is 10.2 Å². The number of nitrogens with zero attached hydrogens (tertiary/aromatic N) is 2. The van der Waals surface area contributed by atoms with Crippen LogP contribution in [0.3, 0.4) is 0 Å². The van der Waals surface area contributed by atoms with Crippen LogP contribution in [0.15, 0.2) is 83.0 Å². The summed E-state index contributed by atoms with van der Waals surface area (Å²) >= 11 is 11.0. The molecule has 0 aliphatic carbocycles. The van der Waals surface area contributed by atoms with Crippen molar-refractivity contribution in [3.8, 4) is 0 Å². The van der Waals surface area contributed by atoms with Gasteiger partial charge in [0.25, 0.3) is 0 Å². The van der Waals surface area contributed by atoms with E-state index < -0.39 is 5.82 Å². The van der Waals surface area contributed by atoms with Gasteiger partial charge in [0, 0.05) is 11.4 Å². The lowest BCUT2D eigenvalue weighted by Crippen LogP contribution is -2.18. The lowest BCUT2D eigenvalue weighted by atomic mass is 10.3. The van der Waals surface area contributed by atoms with Crippen molar-refractivity contribution in [1.82, 2.24) is 0 Å². The van der Waals surface area contributed by atoms with Crippen LogP contribution in [0.25, 0.3) is 0 Å². The number of nitrogens with one attached hydrogen (secondary N) is 2. The first-order valence-corrected chi connectivity index (χ1v) is 8.49. The van der Waals surface area contributed by atoms with Gasteiger partial charge in [-0.3, -0.25) is 0 Å². The van der Waals surface area contributed by atoms with E-state index in [4.69, 9.17) is 23.8 Å². The predicted molar refractivity (Wildman–Crippen MR) is 108 cm³/mol. The molecule has 3 aromatic rings. The van der Waals surface area contributed by atoms with Gasteiger partial charge in [0.15, 0.2) is 5.11 Å². The number of hydrogen-bond donors (Lipinski definition) is 2. The molecule has 2 N–H and O–H groups in total. The standard InChI is InChI=1S/C19H14ClFN4S/c20-17-12-16(10-11-18(17)21)23-19(26)22-13-6-8-15(9-7-13)25-24-14-4-2-1-3-5-14/h1-12H,(H2,22,23,26). The Labute approximate surface area is 160 Å². The summed E-state index contributed by atoms with van der Waals surface area (Å²) in [4.78, 5) is 0. The molecule has 0 fully saturated rings. The van der Waals surface area contributed by atoms with Gasteiger partial charge in [-0.15, -0.1) is 0 Å². The molecule has 0 aliphatic rings. The van der Waals surface area contributed by atoms with E-state index in [9.17, 15) is 4.39 Å². The van der Waals surface area contributed by atoms with E-state index in [0.29, 0.717) is 10.8 Å². The molecular formula is C19H14ClFN4S. The van der Waals surface area contributed by atoms with Crippen molar-refractivity contribution in [2.24, 2.45) is 10.2 Å². The second kappa shape index (κ2) is 8.51. The van der Waals surface area contributed by atoms with Crippen LogP contribution in [0.2, 0.25) is 5.02 Å². The zero-order valence-corrected chi connectivity index (χ0v) is 15.1. The molecule has 3 rings (SSSR count). The summed E-state index contributed by atoms with van der Waals surface area (Å²) in [5.74, 6) is -0.476. The van der Waals surface area contributed by atoms with Crippen molar-refractivity contribution in [3.63, 3.8) is 0 Å². The molecule has 0 aromatic heterocycles.